The smallest absolute Gasteiger partial charge is 0.261 e. The molecule has 0 heterocycles. The SMILES string of the molecule is O=C(CSCc1ccc(Br)cc1)Nc1ccc(S(=O)(=O)Nc2cccc3ccccc23)cc1. The Labute approximate surface area is 205 Å². The van der Waals surface area contributed by atoms with Crippen LogP contribution in [0, 0.1) is 0 Å². The molecule has 0 aliphatic carbocycles. The summed E-state index contributed by atoms with van der Waals surface area (Å²) in [6, 6.07) is 27.2. The van der Waals surface area contributed by atoms with Gasteiger partial charge in [0.1, 0.15) is 0 Å². The van der Waals surface area contributed by atoms with Crippen molar-refractivity contribution in [1.29, 1.82) is 0 Å². The summed E-state index contributed by atoms with van der Waals surface area (Å²) < 4.78 is 29.4. The molecule has 0 fully saturated rings. The summed E-state index contributed by atoms with van der Waals surface area (Å²) in [5.41, 5.74) is 2.21. The molecule has 4 aromatic carbocycles. The molecule has 1 amide bonds. The lowest BCUT2D eigenvalue weighted by molar-refractivity contribution is -0.113. The van der Waals surface area contributed by atoms with E-state index in [1.807, 2.05) is 60.7 Å². The third kappa shape index (κ3) is 6.16. The zero-order valence-electron chi connectivity index (χ0n) is 17.5. The molecule has 0 spiro atoms. The van der Waals surface area contributed by atoms with Crippen molar-refractivity contribution in [1.82, 2.24) is 0 Å². The lowest BCUT2D eigenvalue weighted by Gasteiger charge is -2.11. The van der Waals surface area contributed by atoms with Crippen molar-refractivity contribution in [2.24, 2.45) is 0 Å². The Morgan fingerprint density at radius 3 is 2.30 bits per heavy atom. The number of hydrogen-bond donors (Lipinski definition) is 2. The average molecular weight is 541 g/mol. The predicted octanol–water partition coefficient (Wildman–Crippen LogP) is 6.28. The van der Waals surface area contributed by atoms with Gasteiger partial charge >= 0.3 is 0 Å². The minimum absolute atomic E-state index is 0.123. The first kappa shape index (κ1) is 23.4. The maximum Gasteiger partial charge on any atom is 0.261 e. The second kappa shape index (κ2) is 10.4. The maximum atomic E-state index is 12.9. The quantitative estimate of drug-likeness (QED) is 0.276. The molecule has 168 valence electrons. The Hall–Kier alpha value is -2.81. The lowest BCUT2D eigenvalue weighted by Crippen LogP contribution is -2.15. The summed E-state index contributed by atoms with van der Waals surface area (Å²) in [4.78, 5) is 12.4. The third-order valence-electron chi connectivity index (χ3n) is 4.90. The van der Waals surface area contributed by atoms with Gasteiger partial charge in [0.25, 0.3) is 10.0 Å². The van der Waals surface area contributed by atoms with Gasteiger partial charge in [-0.3, -0.25) is 9.52 Å². The fourth-order valence-corrected chi connectivity index (χ4v) is 5.41. The van der Waals surface area contributed by atoms with Crippen molar-refractivity contribution in [3.63, 3.8) is 0 Å². The minimum Gasteiger partial charge on any atom is -0.325 e. The highest BCUT2D eigenvalue weighted by Gasteiger charge is 2.15. The fourth-order valence-electron chi connectivity index (χ4n) is 3.27. The number of benzene rings is 4. The molecule has 0 saturated carbocycles. The van der Waals surface area contributed by atoms with E-state index in [0.717, 1.165) is 26.6 Å². The van der Waals surface area contributed by atoms with Crippen molar-refractivity contribution in [2.75, 3.05) is 15.8 Å². The lowest BCUT2D eigenvalue weighted by atomic mass is 10.1. The van der Waals surface area contributed by atoms with E-state index in [1.54, 1.807) is 18.2 Å². The Morgan fingerprint density at radius 1 is 0.848 bits per heavy atom. The van der Waals surface area contributed by atoms with Gasteiger partial charge in [0.2, 0.25) is 5.91 Å². The molecule has 5 nitrogen and oxygen atoms in total. The molecule has 0 aliphatic rings. The molecule has 2 N–H and O–H groups in total. The van der Waals surface area contributed by atoms with Crippen molar-refractivity contribution in [3.8, 4) is 0 Å². The largest absolute Gasteiger partial charge is 0.325 e. The van der Waals surface area contributed by atoms with Gasteiger partial charge in [-0.05, 0) is 53.4 Å². The number of thioether (sulfide) groups is 1. The summed E-state index contributed by atoms with van der Waals surface area (Å²) in [6.45, 7) is 0. The Morgan fingerprint density at radius 2 is 1.55 bits per heavy atom. The summed E-state index contributed by atoms with van der Waals surface area (Å²) in [5.74, 6) is 0.901. The number of carbonyl (C=O) groups is 1. The molecule has 0 unspecified atom stereocenters. The first-order valence-corrected chi connectivity index (χ1v) is 13.6. The van der Waals surface area contributed by atoms with E-state index < -0.39 is 10.0 Å². The molecule has 0 radical (unpaired) electrons. The molecule has 33 heavy (non-hydrogen) atoms. The standard InChI is InChI=1S/C25H21BrN2O3S2/c26-20-10-8-18(9-11-20)16-32-17-25(29)27-21-12-14-22(15-13-21)33(30,31)28-24-7-3-5-19-4-1-2-6-23(19)24/h1-15,28H,16-17H2,(H,27,29). The van der Waals surface area contributed by atoms with Crippen LogP contribution in [0.4, 0.5) is 11.4 Å². The van der Waals surface area contributed by atoms with Gasteiger partial charge in [-0.25, -0.2) is 8.42 Å². The number of sulfonamides is 1. The molecule has 0 bridgehead atoms. The van der Waals surface area contributed by atoms with Gasteiger partial charge in [-0.2, -0.15) is 0 Å². The van der Waals surface area contributed by atoms with Crippen molar-refractivity contribution in [3.05, 3.63) is 101 Å². The molecule has 8 heteroatoms. The van der Waals surface area contributed by atoms with E-state index in [4.69, 9.17) is 0 Å². The topological polar surface area (TPSA) is 75.3 Å². The first-order valence-electron chi connectivity index (χ1n) is 10.1. The first-order chi connectivity index (χ1) is 15.9. The monoisotopic (exact) mass is 540 g/mol. The van der Waals surface area contributed by atoms with Crippen molar-refractivity contribution < 1.29 is 13.2 Å². The number of rotatable bonds is 8. The Bertz CT molecular complexity index is 1370. The van der Waals surface area contributed by atoms with Crippen molar-refractivity contribution >= 4 is 65.8 Å². The van der Waals surface area contributed by atoms with Gasteiger partial charge < -0.3 is 5.32 Å². The second-order valence-electron chi connectivity index (χ2n) is 7.32. The molecule has 4 rings (SSSR count). The number of nitrogens with one attached hydrogen (secondary N) is 2. The highest BCUT2D eigenvalue weighted by atomic mass is 79.9. The number of carbonyl (C=O) groups excluding carboxylic acids is 1. The molecule has 0 aliphatic heterocycles. The predicted molar refractivity (Wildman–Crippen MR) is 140 cm³/mol. The van der Waals surface area contributed by atoms with Crippen LogP contribution in [0.5, 0.6) is 0 Å². The minimum atomic E-state index is -3.77. The van der Waals surface area contributed by atoms with Crippen molar-refractivity contribution in [2.45, 2.75) is 10.6 Å². The van der Waals surface area contributed by atoms with E-state index in [1.165, 1.54) is 23.9 Å². The Balaban J connectivity index is 1.35. The molecule has 4 aromatic rings. The van der Waals surface area contributed by atoms with Crippen LogP contribution in [-0.4, -0.2) is 20.1 Å². The zero-order valence-corrected chi connectivity index (χ0v) is 20.7. The van der Waals surface area contributed by atoms with Gasteiger partial charge in [0.05, 0.1) is 16.3 Å². The van der Waals surface area contributed by atoms with Crippen LogP contribution in [-0.2, 0) is 20.6 Å². The van der Waals surface area contributed by atoms with Gasteiger partial charge in [0.15, 0.2) is 0 Å². The van der Waals surface area contributed by atoms with Crippen LogP contribution in [0.15, 0.2) is 100 Å². The zero-order chi connectivity index (χ0) is 23.3. The number of halogens is 1. The van der Waals surface area contributed by atoms with Crippen LogP contribution >= 0.6 is 27.7 Å². The molecule has 0 saturated heterocycles. The van der Waals surface area contributed by atoms with E-state index >= 15 is 0 Å². The van der Waals surface area contributed by atoms with Crippen LogP contribution < -0.4 is 10.0 Å². The molecular weight excluding hydrogens is 520 g/mol. The number of hydrogen-bond acceptors (Lipinski definition) is 4. The average Bonchev–Trinajstić information content (AvgIpc) is 2.81. The molecule has 0 atom stereocenters. The van der Waals surface area contributed by atoms with E-state index in [0.29, 0.717) is 17.1 Å². The summed E-state index contributed by atoms with van der Waals surface area (Å²) in [7, 11) is -3.77. The Kier molecular flexibility index (Phi) is 7.37. The highest BCUT2D eigenvalue weighted by Crippen LogP contribution is 2.26. The van der Waals surface area contributed by atoms with E-state index in [9.17, 15) is 13.2 Å². The maximum absolute atomic E-state index is 12.9. The van der Waals surface area contributed by atoms with Crippen LogP contribution in [0.25, 0.3) is 10.8 Å². The summed E-state index contributed by atoms with van der Waals surface area (Å²) in [6.07, 6.45) is 0. The van der Waals surface area contributed by atoms with Crippen LogP contribution in [0.2, 0.25) is 0 Å². The normalized spacial score (nSPS) is 11.3. The van der Waals surface area contributed by atoms with E-state index in [2.05, 4.69) is 26.0 Å². The number of fused-ring (bicyclic) bond motifs is 1. The van der Waals surface area contributed by atoms with Gasteiger partial charge in [-0.15, -0.1) is 11.8 Å². The second-order valence-corrected chi connectivity index (χ2v) is 10.9. The van der Waals surface area contributed by atoms with Gasteiger partial charge in [0, 0.05) is 21.3 Å². The number of anilines is 2. The summed E-state index contributed by atoms with van der Waals surface area (Å²) in [5, 5.41) is 4.59. The third-order valence-corrected chi connectivity index (χ3v) is 7.81. The molecular formula is C25H21BrN2O3S2. The van der Waals surface area contributed by atoms with Gasteiger partial charge in [-0.1, -0.05) is 64.5 Å². The fraction of sp³-hybridized carbons (Fsp3) is 0.0800. The highest BCUT2D eigenvalue weighted by molar-refractivity contribution is 9.10. The number of amides is 1. The van der Waals surface area contributed by atoms with Crippen LogP contribution in [0.3, 0.4) is 0 Å². The van der Waals surface area contributed by atoms with Crippen LogP contribution in [0.1, 0.15) is 5.56 Å². The van der Waals surface area contributed by atoms with E-state index in [-0.39, 0.29) is 10.8 Å². The molecule has 0 aromatic heterocycles. The summed E-state index contributed by atoms with van der Waals surface area (Å²) >= 11 is 4.92.